The van der Waals surface area contributed by atoms with Crippen molar-refractivity contribution in [1.29, 1.82) is 0 Å². The van der Waals surface area contributed by atoms with Crippen molar-refractivity contribution < 1.29 is 57.8 Å². The van der Waals surface area contributed by atoms with Gasteiger partial charge in [0.05, 0.1) is 12.6 Å². The number of hydrogen-bond donors (Lipinski definition) is 16. The fourth-order valence-corrected chi connectivity index (χ4v) is 9.61. The van der Waals surface area contributed by atoms with Crippen LogP contribution in [0.5, 0.6) is 0 Å². The Kier molecular flexibility index (Phi) is 42.1. The zero-order valence-electron chi connectivity index (χ0n) is 55.5. The minimum absolute atomic E-state index is 0.0198. The average molecular weight is 1270 g/mol. The van der Waals surface area contributed by atoms with Gasteiger partial charge in [-0.3, -0.25) is 57.7 Å². The Morgan fingerprint density at radius 1 is 0.416 bits per heavy atom. The third-order valence-electron chi connectivity index (χ3n) is 14.7. The Bertz CT molecular complexity index is 2230. The van der Waals surface area contributed by atoms with Crippen molar-refractivity contribution >= 4 is 70.9 Å². The minimum atomic E-state index is -1.67. The van der Waals surface area contributed by atoms with Crippen LogP contribution in [0.3, 0.4) is 0 Å². The number of guanidine groups is 1. The van der Waals surface area contributed by atoms with Gasteiger partial charge in [0.25, 0.3) is 0 Å². The van der Waals surface area contributed by atoms with Crippen LogP contribution in [0.15, 0.2) is 4.99 Å². The molecular formula is C61H116N16O12. The molecule has 89 heavy (non-hydrogen) atoms. The topological polar surface area (TPSA) is 471 Å². The van der Waals surface area contributed by atoms with E-state index in [-0.39, 0.29) is 120 Å². The molecule has 0 aromatic rings. The van der Waals surface area contributed by atoms with Crippen LogP contribution >= 0.6 is 0 Å². The molecule has 0 bridgehead atoms. The maximum Gasteiger partial charge on any atom is 0.245 e. The summed E-state index contributed by atoms with van der Waals surface area (Å²) in [6.45, 7) is 21.7. The van der Waals surface area contributed by atoms with E-state index < -0.39 is 125 Å². The summed E-state index contributed by atoms with van der Waals surface area (Å²) in [6, 6.07) is -11.5. The van der Waals surface area contributed by atoms with Gasteiger partial charge in [-0.05, 0) is 127 Å². The van der Waals surface area contributed by atoms with Crippen LogP contribution in [0.1, 0.15) is 199 Å². The second-order valence-electron chi connectivity index (χ2n) is 25.1. The number of amides is 11. The van der Waals surface area contributed by atoms with Gasteiger partial charge in [0.1, 0.15) is 54.4 Å². The maximum atomic E-state index is 14.7. The van der Waals surface area contributed by atoms with Crippen molar-refractivity contribution in [3.05, 3.63) is 0 Å². The molecule has 28 nitrogen and oxygen atoms in total. The van der Waals surface area contributed by atoms with Gasteiger partial charge >= 0.3 is 0 Å². The molecule has 0 aliphatic heterocycles. The molecule has 0 aromatic carbocycles. The average Bonchev–Trinajstić information content (AvgIpc) is 3.66. The number of aliphatic hydroxyl groups excluding tert-OH is 1. The number of aliphatic hydroxyl groups is 1. The predicted molar refractivity (Wildman–Crippen MR) is 343 cm³/mol. The Morgan fingerprint density at radius 2 is 0.809 bits per heavy atom. The van der Waals surface area contributed by atoms with E-state index >= 15 is 0 Å². The molecule has 21 N–H and O–H groups in total. The van der Waals surface area contributed by atoms with Gasteiger partial charge in [0, 0.05) is 19.5 Å². The number of carbonyl (C=O) groups is 11. The highest BCUT2D eigenvalue weighted by atomic mass is 16.3. The first-order valence-corrected chi connectivity index (χ1v) is 32.2. The molecule has 0 spiro atoms. The molecule has 0 saturated heterocycles. The number of nitrogens with two attached hydrogens (primary N) is 5. The molecule has 0 saturated carbocycles. The summed E-state index contributed by atoms with van der Waals surface area (Å²) in [5.74, 6) is -8.89. The number of nitrogens with one attached hydrogen (secondary N) is 10. The Morgan fingerprint density at radius 3 is 1.25 bits per heavy atom. The van der Waals surface area contributed by atoms with E-state index in [1.54, 1.807) is 13.8 Å². The standard InChI is InChI=1S/C61H116N16O12/c1-13-15-16-17-26-48(79)67-28-21-19-24-42(55(84)77-51(40(12)78)60(89)75-47(33-38(9)10)58(87)73-44(52(64)81)30-35(3)4)72-59(88)50(39(11)14-2)76-54(83)43(25-22-29-68-61(65)66)70-53(82)41(23-18-20-27-62)71-57(86)46(32-37(7)8)74-56(85)45(31-36(5)6)69-49(80)34-63/h35-47,50-51,78H,13-34,62-63H2,1-12H3,(H2,64,81)(H,67,79)(H,69,80)(H,70,82)(H,71,86)(H,72,88)(H,73,87)(H,74,85)(H,75,89)(H,76,83)(H,77,84)(H4,65,66,68)/t39-,40+,41+,42+,43-,44-,45-,46-,47-,50-,51-/m0/s1. The first-order chi connectivity index (χ1) is 41.8. The van der Waals surface area contributed by atoms with Gasteiger partial charge in [0.2, 0.25) is 65.0 Å². The Hall–Kier alpha value is -6.68. The first-order valence-electron chi connectivity index (χ1n) is 32.2. The molecule has 0 rings (SSSR count). The van der Waals surface area contributed by atoms with Crippen LogP contribution in [0.2, 0.25) is 0 Å². The maximum absolute atomic E-state index is 14.7. The quantitative estimate of drug-likeness (QED) is 0.0214. The van der Waals surface area contributed by atoms with E-state index in [1.807, 2.05) is 55.4 Å². The van der Waals surface area contributed by atoms with Crippen LogP contribution in [-0.2, 0) is 52.7 Å². The fraction of sp³-hybridized carbons (Fsp3) is 0.803. The molecule has 0 fully saturated rings. The van der Waals surface area contributed by atoms with Crippen LogP contribution in [0.25, 0.3) is 0 Å². The van der Waals surface area contributed by atoms with Crippen LogP contribution < -0.4 is 81.8 Å². The summed E-state index contributed by atoms with van der Waals surface area (Å²) in [4.78, 5) is 155. The highest BCUT2D eigenvalue weighted by molar-refractivity contribution is 5.98. The second-order valence-corrected chi connectivity index (χ2v) is 25.1. The summed E-state index contributed by atoms with van der Waals surface area (Å²) in [5.41, 5.74) is 28.2. The first kappa shape index (κ1) is 82.3. The predicted octanol–water partition coefficient (Wildman–Crippen LogP) is -0.156. The lowest BCUT2D eigenvalue weighted by atomic mass is 9.96. The summed E-state index contributed by atoms with van der Waals surface area (Å²) in [5, 5.41) is 38.1. The van der Waals surface area contributed by atoms with Crippen molar-refractivity contribution in [2.24, 2.45) is 63.3 Å². The third-order valence-corrected chi connectivity index (χ3v) is 14.7. The number of unbranched alkanes of at least 4 members (excludes halogenated alkanes) is 5. The molecule has 0 aliphatic rings. The zero-order valence-corrected chi connectivity index (χ0v) is 55.5. The van der Waals surface area contributed by atoms with Crippen LogP contribution in [0.4, 0.5) is 0 Å². The van der Waals surface area contributed by atoms with Crippen molar-refractivity contribution in [2.45, 2.75) is 259 Å². The SMILES string of the molecule is CCCCCCC(=O)NCCCC[C@@H](NC(=O)[C@@H](NC(=O)[C@H](CCCN=C(N)N)NC(=O)[C@@H](CCCCN)NC(=O)[C@H](CC(C)C)NC(=O)[C@H](CC(C)C)NC(=O)CN)[C@@H](C)CC)C(=O)N[C@H](C(=O)N[C@@H](CC(C)C)C(=O)N[C@@H](CC(C)C)C(N)=O)[C@@H](C)O. The highest BCUT2D eigenvalue weighted by Gasteiger charge is 2.38. The number of aliphatic imine (C=N–C) groups is 1. The minimum Gasteiger partial charge on any atom is -0.391 e. The van der Waals surface area contributed by atoms with Gasteiger partial charge in [-0.1, -0.05) is 102 Å². The van der Waals surface area contributed by atoms with Crippen LogP contribution in [0, 0.1) is 29.6 Å². The van der Waals surface area contributed by atoms with E-state index in [1.165, 1.54) is 6.92 Å². The third kappa shape index (κ3) is 35.9. The molecule has 11 atom stereocenters. The van der Waals surface area contributed by atoms with Crippen molar-refractivity contribution in [3.63, 3.8) is 0 Å². The van der Waals surface area contributed by atoms with Crippen molar-refractivity contribution in [1.82, 2.24) is 53.2 Å². The van der Waals surface area contributed by atoms with E-state index in [0.717, 1.165) is 25.7 Å². The van der Waals surface area contributed by atoms with Crippen LogP contribution in [-0.4, -0.2) is 163 Å². The molecule has 11 amide bonds. The smallest absolute Gasteiger partial charge is 0.245 e. The number of nitrogens with zero attached hydrogens (tertiary/aromatic N) is 1. The lowest BCUT2D eigenvalue weighted by Crippen LogP contribution is -2.62. The Balaban J connectivity index is 7.29. The number of primary amides is 1. The summed E-state index contributed by atoms with van der Waals surface area (Å²) >= 11 is 0. The summed E-state index contributed by atoms with van der Waals surface area (Å²) in [7, 11) is 0. The fourth-order valence-electron chi connectivity index (χ4n) is 9.61. The number of hydrogen-bond acceptors (Lipinski definition) is 15. The van der Waals surface area contributed by atoms with Gasteiger partial charge in [-0.15, -0.1) is 0 Å². The lowest BCUT2D eigenvalue weighted by Gasteiger charge is -2.30. The van der Waals surface area contributed by atoms with Gasteiger partial charge in [0.15, 0.2) is 5.96 Å². The van der Waals surface area contributed by atoms with Gasteiger partial charge < -0.3 is 86.9 Å². The summed E-state index contributed by atoms with van der Waals surface area (Å²) in [6.07, 6.45) is 5.09. The highest BCUT2D eigenvalue weighted by Crippen LogP contribution is 2.16. The number of rotatable bonds is 48. The molecule has 0 aromatic heterocycles. The normalized spacial score (nSPS) is 15.1. The lowest BCUT2D eigenvalue weighted by molar-refractivity contribution is -0.137. The monoisotopic (exact) mass is 1260 g/mol. The van der Waals surface area contributed by atoms with E-state index in [9.17, 15) is 57.8 Å². The Labute approximate surface area is 528 Å². The molecule has 512 valence electrons. The second kappa shape index (κ2) is 45.5. The molecule has 0 radical (unpaired) electrons. The van der Waals surface area contributed by atoms with Gasteiger partial charge in [-0.25, -0.2) is 0 Å². The molecule has 28 heteroatoms. The van der Waals surface area contributed by atoms with E-state index in [4.69, 9.17) is 28.7 Å². The molecule has 0 aliphatic carbocycles. The summed E-state index contributed by atoms with van der Waals surface area (Å²) < 4.78 is 0. The van der Waals surface area contributed by atoms with E-state index in [0.29, 0.717) is 32.1 Å². The van der Waals surface area contributed by atoms with E-state index in [2.05, 4.69) is 65.1 Å². The zero-order chi connectivity index (χ0) is 67.9. The molecular weight excluding hydrogens is 1150 g/mol. The molecule has 0 heterocycles. The largest absolute Gasteiger partial charge is 0.391 e. The van der Waals surface area contributed by atoms with Crippen molar-refractivity contribution in [2.75, 3.05) is 26.2 Å². The van der Waals surface area contributed by atoms with Crippen molar-refractivity contribution in [3.8, 4) is 0 Å². The van der Waals surface area contributed by atoms with Gasteiger partial charge in [-0.2, -0.15) is 0 Å². The molecule has 0 unspecified atom stereocenters. The number of carbonyl (C=O) groups excluding carboxylic acids is 11.